The fourth-order valence-electron chi connectivity index (χ4n) is 8.32. The van der Waals surface area contributed by atoms with Crippen LogP contribution in [0.2, 0.25) is 0 Å². The molecule has 10 rings (SSSR count). The summed E-state index contributed by atoms with van der Waals surface area (Å²) in [5.74, 6) is 4.21. The highest BCUT2D eigenvalue weighted by Crippen LogP contribution is 2.42. The van der Waals surface area contributed by atoms with E-state index in [0.29, 0.717) is 5.88 Å². The number of nitrogens with zero attached hydrogens (tertiary/aromatic N) is 1. The van der Waals surface area contributed by atoms with E-state index in [1.165, 1.54) is 21.1 Å². The van der Waals surface area contributed by atoms with Gasteiger partial charge in [0.15, 0.2) is 8.07 Å². The van der Waals surface area contributed by atoms with Gasteiger partial charge in [-0.25, -0.2) is 4.98 Å². The molecule has 0 saturated carbocycles. The third kappa shape index (κ3) is 3.79. The summed E-state index contributed by atoms with van der Waals surface area (Å²) in [5, 5.41) is 5.12. The predicted octanol–water partition coefficient (Wildman–Crippen LogP) is 5.77. The monoisotopic (exact) mass is 621 g/mol. The maximum Gasteiger partial charge on any atom is 0.262 e. The van der Waals surface area contributed by atoms with Crippen molar-refractivity contribution in [2.75, 3.05) is 0 Å². The minimum Gasteiger partial charge on any atom is -0.460 e. The normalized spacial score (nSPS) is 15.6. The Morgan fingerprint density at radius 1 is 0.638 bits per heavy atom. The van der Waals surface area contributed by atoms with Crippen molar-refractivity contribution in [2.24, 2.45) is 0 Å². The number of benzene rings is 5. The van der Waals surface area contributed by atoms with Gasteiger partial charge in [0.1, 0.15) is 28.6 Å². The fraction of sp³-hybridized carbons (Fsp3) is 0.0488. The molecule has 7 aromatic rings. The van der Waals surface area contributed by atoms with Crippen molar-refractivity contribution >= 4 is 63.8 Å². The minimum absolute atomic E-state index is 0.0273. The van der Waals surface area contributed by atoms with E-state index in [1.807, 2.05) is 18.2 Å². The quantitative estimate of drug-likeness (QED) is 0.185. The molecule has 0 saturated heterocycles. The molecule has 1 aliphatic carbocycles. The minimum atomic E-state index is -2.86. The van der Waals surface area contributed by atoms with Gasteiger partial charge in [0, 0.05) is 28.2 Å². The summed E-state index contributed by atoms with van der Waals surface area (Å²) in [7, 11) is -2.86. The molecule has 6 heteroatoms. The number of allylic oxidation sites excluding steroid dienone is 1. The predicted molar refractivity (Wildman–Crippen MR) is 192 cm³/mol. The van der Waals surface area contributed by atoms with E-state index in [9.17, 15) is 0 Å². The van der Waals surface area contributed by atoms with Crippen LogP contribution in [0.5, 0.6) is 23.1 Å². The van der Waals surface area contributed by atoms with Crippen LogP contribution in [-0.2, 0) is 0 Å². The highest BCUT2D eigenvalue weighted by atomic mass is 28.3. The van der Waals surface area contributed by atoms with Crippen molar-refractivity contribution in [3.8, 4) is 23.1 Å². The first-order chi connectivity index (χ1) is 23.3. The number of pyridine rings is 1. The van der Waals surface area contributed by atoms with Crippen LogP contribution >= 0.6 is 0 Å². The van der Waals surface area contributed by atoms with Gasteiger partial charge in [-0.3, -0.25) is 0 Å². The Bertz CT molecular complexity index is 2330. The van der Waals surface area contributed by atoms with E-state index in [2.05, 4.69) is 127 Å². The number of hydrogen-bond donors (Lipinski definition) is 0. The van der Waals surface area contributed by atoms with E-state index in [4.69, 9.17) is 18.9 Å². The number of hydrogen-bond acceptors (Lipinski definition) is 4. The molecular weight excluding hydrogens is 593 g/mol. The fourth-order valence-corrected chi connectivity index (χ4v) is 13.8. The van der Waals surface area contributed by atoms with Crippen molar-refractivity contribution in [1.82, 2.24) is 4.98 Å². The second kappa shape index (κ2) is 10.2. The molecule has 0 radical (unpaired) electrons. The Balaban J connectivity index is 1.25. The molecule has 0 bridgehead atoms. The third-order valence-corrected chi connectivity index (χ3v) is 15.5. The van der Waals surface area contributed by atoms with Crippen molar-refractivity contribution in [2.45, 2.75) is 12.0 Å². The summed E-state index contributed by atoms with van der Waals surface area (Å²) in [6, 6.07) is 47.8. The molecule has 4 heterocycles. The lowest BCUT2D eigenvalue weighted by atomic mass is 9.35. The summed E-state index contributed by atoms with van der Waals surface area (Å²) in [6.45, 7) is -0.0273. The van der Waals surface area contributed by atoms with Crippen LogP contribution < -0.4 is 41.4 Å². The van der Waals surface area contributed by atoms with Gasteiger partial charge < -0.3 is 13.9 Å². The Hall–Kier alpha value is -5.59. The topological polar surface area (TPSA) is 44.5 Å². The van der Waals surface area contributed by atoms with Crippen molar-refractivity contribution < 1.29 is 13.9 Å². The summed E-state index contributed by atoms with van der Waals surface area (Å²) >= 11 is 0. The molecule has 0 amide bonds. The van der Waals surface area contributed by atoms with Crippen molar-refractivity contribution in [3.63, 3.8) is 0 Å². The average molecular weight is 622 g/mol. The highest BCUT2D eigenvalue weighted by molar-refractivity contribution is 7.12. The van der Waals surface area contributed by atoms with Crippen molar-refractivity contribution in [3.05, 3.63) is 157 Å². The van der Waals surface area contributed by atoms with E-state index in [0.717, 1.165) is 56.8 Å². The average Bonchev–Trinajstić information content (AvgIpc) is 3.52. The zero-order chi connectivity index (χ0) is 31.0. The van der Waals surface area contributed by atoms with E-state index < -0.39 is 8.07 Å². The van der Waals surface area contributed by atoms with E-state index in [-0.39, 0.29) is 12.3 Å². The van der Waals surface area contributed by atoms with Gasteiger partial charge in [-0.05, 0) is 57.2 Å². The van der Waals surface area contributed by atoms with E-state index >= 15 is 0 Å². The van der Waals surface area contributed by atoms with Gasteiger partial charge >= 0.3 is 0 Å². The molecule has 2 aromatic heterocycles. The first-order valence-electron chi connectivity index (χ1n) is 16.2. The van der Waals surface area contributed by atoms with Gasteiger partial charge in [0.05, 0.1) is 0 Å². The second-order valence-corrected chi connectivity index (χ2v) is 16.6. The zero-order valence-corrected chi connectivity index (χ0v) is 26.5. The number of aromatic nitrogens is 1. The Morgan fingerprint density at radius 3 is 2.19 bits per heavy atom. The maximum atomic E-state index is 6.86. The van der Waals surface area contributed by atoms with Crippen LogP contribution in [0.1, 0.15) is 23.3 Å². The van der Waals surface area contributed by atoms with E-state index in [1.54, 1.807) is 6.20 Å². The number of fused-ring (bicyclic) bond motifs is 7. The van der Waals surface area contributed by atoms with Crippen LogP contribution in [-0.4, -0.2) is 19.8 Å². The molecule has 0 spiro atoms. The first-order valence-corrected chi connectivity index (χ1v) is 18.3. The molecule has 4 nitrogen and oxygen atoms in total. The first kappa shape index (κ1) is 26.6. The summed E-state index contributed by atoms with van der Waals surface area (Å²) < 4.78 is 19.9. The number of ether oxygens (including phenoxy) is 2. The standard InChI is InChI=1S/C41H28BNO3Si/c1-3-12-27(13-4-1)47(28-14-5-2-6-15-28,38-21-11-17-31-30-16-7-9-19-34(30)45-40(31)38)29-22-23-33-37(26-29)46-41-39-36(24-25-43-41)44-35-20-10-8-18-32(35)42(33)39/h1-20,22-26,38H,21H2. The van der Waals surface area contributed by atoms with Crippen LogP contribution in [0.3, 0.4) is 0 Å². The number of rotatable bonds is 4. The Kier molecular flexibility index (Phi) is 5.78. The summed E-state index contributed by atoms with van der Waals surface area (Å²) in [4.78, 5) is 4.72. The molecule has 3 aliphatic rings. The molecule has 2 aliphatic heterocycles. The highest BCUT2D eigenvalue weighted by Gasteiger charge is 2.50. The van der Waals surface area contributed by atoms with Gasteiger partial charge in [-0.1, -0.05) is 121 Å². The second-order valence-electron chi connectivity index (χ2n) is 12.6. The molecule has 1 atom stereocenters. The SMILES string of the molecule is C1=Cc2c(oc3ccccc23)C([Si](c2ccccc2)(c2ccccc2)c2ccc3c(c2)Oc2nccc4c2B3c2ccccc2O4)C1. The lowest BCUT2D eigenvalue weighted by molar-refractivity contribution is 0.451. The lowest BCUT2D eigenvalue weighted by Gasteiger charge is -2.41. The van der Waals surface area contributed by atoms with Crippen LogP contribution in [0.4, 0.5) is 0 Å². The van der Waals surface area contributed by atoms with Gasteiger partial charge in [0.25, 0.3) is 6.71 Å². The lowest BCUT2D eigenvalue weighted by Crippen LogP contribution is -2.71. The Morgan fingerprint density at radius 2 is 1.36 bits per heavy atom. The van der Waals surface area contributed by atoms with Crippen LogP contribution in [0.15, 0.2) is 150 Å². The molecule has 0 N–H and O–H groups in total. The molecule has 222 valence electrons. The van der Waals surface area contributed by atoms with Crippen molar-refractivity contribution in [1.29, 1.82) is 0 Å². The van der Waals surface area contributed by atoms with Gasteiger partial charge in [-0.2, -0.15) is 0 Å². The van der Waals surface area contributed by atoms with Crippen LogP contribution in [0, 0.1) is 0 Å². The maximum absolute atomic E-state index is 6.86. The largest absolute Gasteiger partial charge is 0.460 e. The van der Waals surface area contributed by atoms with Crippen LogP contribution in [0.25, 0.3) is 17.0 Å². The molecule has 5 aromatic carbocycles. The summed E-state index contributed by atoms with van der Waals surface area (Å²) in [6.07, 6.45) is 7.25. The smallest absolute Gasteiger partial charge is 0.262 e. The third-order valence-electron chi connectivity index (χ3n) is 10.3. The van der Waals surface area contributed by atoms with Gasteiger partial charge in [0.2, 0.25) is 5.88 Å². The number of para-hydroxylation sites is 2. The molecule has 1 unspecified atom stereocenters. The van der Waals surface area contributed by atoms with Gasteiger partial charge in [-0.15, -0.1) is 0 Å². The molecule has 47 heavy (non-hydrogen) atoms. The summed E-state index contributed by atoms with van der Waals surface area (Å²) in [5.41, 5.74) is 5.49. The number of furan rings is 1. The zero-order valence-electron chi connectivity index (χ0n) is 25.5. The molecule has 0 fully saturated rings. The molecular formula is C41H28BNO3Si. The Labute approximate surface area is 274 Å².